The third-order valence-electron chi connectivity index (χ3n) is 5.68. The van der Waals surface area contributed by atoms with Crippen LogP contribution in [0.1, 0.15) is 56.9 Å². The molecular formula is C19H29NO. The van der Waals surface area contributed by atoms with E-state index in [0.29, 0.717) is 12.0 Å². The molecule has 4 unspecified atom stereocenters. The molecule has 0 aromatic heterocycles. The third kappa shape index (κ3) is 3.11. The molecule has 1 aliphatic heterocycles. The minimum Gasteiger partial charge on any atom is -0.493 e. The molecule has 1 fully saturated rings. The Morgan fingerprint density at radius 2 is 2.10 bits per heavy atom. The minimum absolute atomic E-state index is 0.601. The fraction of sp³-hybridized carbons (Fsp3) is 0.684. The Kier molecular flexibility index (Phi) is 4.84. The van der Waals surface area contributed by atoms with Crippen molar-refractivity contribution in [2.45, 2.75) is 57.4 Å². The summed E-state index contributed by atoms with van der Waals surface area (Å²) in [5.74, 6) is 3.48. The number of fused-ring (bicyclic) bond motifs is 1. The summed E-state index contributed by atoms with van der Waals surface area (Å²) in [6, 6.07) is 9.24. The SMILES string of the molecule is CCC1CCCC(C(NC)C2CCOc3ccccc32)C1. The molecule has 1 aromatic rings. The Morgan fingerprint density at radius 1 is 1.24 bits per heavy atom. The van der Waals surface area contributed by atoms with Crippen molar-refractivity contribution >= 4 is 0 Å². The molecule has 2 nitrogen and oxygen atoms in total. The van der Waals surface area contributed by atoms with Gasteiger partial charge in [0.15, 0.2) is 0 Å². The summed E-state index contributed by atoms with van der Waals surface area (Å²) >= 11 is 0. The molecule has 1 aliphatic carbocycles. The molecule has 4 atom stereocenters. The fourth-order valence-corrected chi connectivity index (χ4v) is 4.54. The highest BCUT2D eigenvalue weighted by atomic mass is 16.5. The average Bonchev–Trinajstić information content (AvgIpc) is 2.56. The zero-order valence-corrected chi connectivity index (χ0v) is 13.5. The topological polar surface area (TPSA) is 21.3 Å². The summed E-state index contributed by atoms with van der Waals surface area (Å²) in [4.78, 5) is 0. The van der Waals surface area contributed by atoms with Crippen molar-refractivity contribution in [3.05, 3.63) is 29.8 Å². The number of ether oxygens (including phenoxy) is 1. The van der Waals surface area contributed by atoms with E-state index < -0.39 is 0 Å². The largest absolute Gasteiger partial charge is 0.493 e. The highest BCUT2D eigenvalue weighted by molar-refractivity contribution is 5.38. The van der Waals surface area contributed by atoms with Crippen LogP contribution in [-0.4, -0.2) is 19.7 Å². The minimum atomic E-state index is 0.601. The van der Waals surface area contributed by atoms with E-state index in [0.717, 1.165) is 30.6 Å². The van der Waals surface area contributed by atoms with Gasteiger partial charge < -0.3 is 10.1 Å². The van der Waals surface area contributed by atoms with Gasteiger partial charge in [0.05, 0.1) is 6.61 Å². The van der Waals surface area contributed by atoms with Crippen LogP contribution < -0.4 is 10.1 Å². The van der Waals surface area contributed by atoms with E-state index in [-0.39, 0.29) is 0 Å². The third-order valence-corrected chi connectivity index (χ3v) is 5.68. The maximum atomic E-state index is 5.85. The van der Waals surface area contributed by atoms with Crippen molar-refractivity contribution in [3.8, 4) is 5.75 Å². The Bertz CT molecular complexity index is 459. The van der Waals surface area contributed by atoms with Gasteiger partial charge in [0, 0.05) is 12.0 Å². The lowest BCUT2D eigenvalue weighted by Crippen LogP contribution is -2.42. The summed E-state index contributed by atoms with van der Waals surface area (Å²) < 4.78 is 5.85. The van der Waals surface area contributed by atoms with Crippen LogP contribution in [0.4, 0.5) is 0 Å². The standard InChI is InChI=1S/C19H29NO/c1-3-14-7-6-8-15(13-14)19(20-2)17-11-12-21-18-10-5-4-9-16(17)18/h4-5,9-10,14-15,17,19-20H,3,6-8,11-13H2,1-2H3. The summed E-state index contributed by atoms with van der Waals surface area (Å²) in [7, 11) is 2.15. The monoisotopic (exact) mass is 287 g/mol. The summed E-state index contributed by atoms with van der Waals surface area (Å²) in [5.41, 5.74) is 1.42. The Labute approximate surface area is 129 Å². The second kappa shape index (κ2) is 6.83. The van der Waals surface area contributed by atoms with E-state index in [9.17, 15) is 0 Å². The molecule has 21 heavy (non-hydrogen) atoms. The van der Waals surface area contributed by atoms with E-state index in [1.165, 1.54) is 37.7 Å². The van der Waals surface area contributed by atoms with Gasteiger partial charge in [0.1, 0.15) is 5.75 Å². The van der Waals surface area contributed by atoms with Gasteiger partial charge >= 0.3 is 0 Å². The van der Waals surface area contributed by atoms with E-state index in [1.54, 1.807) is 0 Å². The van der Waals surface area contributed by atoms with Crippen LogP contribution in [0, 0.1) is 11.8 Å². The smallest absolute Gasteiger partial charge is 0.122 e. The lowest BCUT2D eigenvalue weighted by atomic mass is 9.71. The number of nitrogens with one attached hydrogen (secondary N) is 1. The van der Waals surface area contributed by atoms with E-state index in [4.69, 9.17) is 4.74 Å². The van der Waals surface area contributed by atoms with Gasteiger partial charge in [-0.2, -0.15) is 0 Å². The molecule has 0 amide bonds. The van der Waals surface area contributed by atoms with Crippen molar-refractivity contribution in [1.82, 2.24) is 5.32 Å². The maximum absolute atomic E-state index is 5.85. The number of para-hydroxylation sites is 1. The lowest BCUT2D eigenvalue weighted by molar-refractivity contribution is 0.170. The first kappa shape index (κ1) is 14.9. The van der Waals surface area contributed by atoms with Crippen molar-refractivity contribution in [2.75, 3.05) is 13.7 Å². The molecule has 1 aromatic carbocycles. The molecule has 0 spiro atoms. The predicted octanol–water partition coefficient (Wildman–Crippen LogP) is 4.36. The maximum Gasteiger partial charge on any atom is 0.122 e. The Morgan fingerprint density at radius 3 is 2.90 bits per heavy atom. The molecule has 0 saturated heterocycles. The van der Waals surface area contributed by atoms with Crippen LogP contribution in [0.3, 0.4) is 0 Å². The van der Waals surface area contributed by atoms with Crippen LogP contribution >= 0.6 is 0 Å². The van der Waals surface area contributed by atoms with Gasteiger partial charge in [-0.1, -0.05) is 44.4 Å². The Hall–Kier alpha value is -1.02. The van der Waals surface area contributed by atoms with Gasteiger partial charge in [0.2, 0.25) is 0 Å². The highest BCUT2D eigenvalue weighted by Crippen LogP contribution is 2.42. The molecule has 0 bridgehead atoms. The van der Waals surface area contributed by atoms with Gasteiger partial charge in [-0.25, -0.2) is 0 Å². The molecular weight excluding hydrogens is 258 g/mol. The molecule has 1 saturated carbocycles. The number of likely N-dealkylation sites (N-methyl/N-ethyl adjacent to an activating group) is 1. The van der Waals surface area contributed by atoms with Crippen molar-refractivity contribution in [1.29, 1.82) is 0 Å². The van der Waals surface area contributed by atoms with Gasteiger partial charge in [-0.3, -0.25) is 0 Å². The van der Waals surface area contributed by atoms with Crippen LogP contribution in [0.2, 0.25) is 0 Å². The lowest BCUT2D eigenvalue weighted by Gasteiger charge is -2.40. The molecule has 116 valence electrons. The average molecular weight is 287 g/mol. The second-order valence-electron chi connectivity index (χ2n) is 6.80. The van der Waals surface area contributed by atoms with E-state index >= 15 is 0 Å². The molecule has 0 radical (unpaired) electrons. The van der Waals surface area contributed by atoms with Crippen molar-refractivity contribution < 1.29 is 4.74 Å². The number of benzene rings is 1. The van der Waals surface area contributed by atoms with Crippen molar-refractivity contribution in [3.63, 3.8) is 0 Å². The van der Waals surface area contributed by atoms with Gasteiger partial charge in [-0.05, 0) is 49.8 Å². The molecule has 1 heterocycles. The first-order valence-electron chi connectivity index (χ1n) is 8.72. The molecule has 3 rings (SSSR count). The zero-order valence-electron chi connectivity index (χ0n) is 13.5. The van der Waals surface area contributed by atoms with Gasteiger partial charge in [0.25, 0.3) is 0 Å². The first-order valence-corrected chi connectivity index (χ1v) is 8.72. The second-order valence-corrected chi connectivity index (χ2v) is 6.80. The van der Waals surface area contributed by atoms with Crippen LogP contribution in [0.5, 0.6) is 5.75 Å². The zero-order chi connectivity index (χ0) is 14.7. The van der Waals surface area contributed by atoms with Crippen molar-refractivity contribution in [2.24, 2.45) is 11.8 Å². The predicted molar refractivity (Wildman–Crippen MR) is 87.9 cm³/mol. The highest BCUT2D eigenvalue weighted by Gasteiger charge is 2.35. The van der Waals surface area contributed by atoms with Crippen LogP contribution in [0.25, 0.3) is 0 Å². The first-order chi connectivity index (χ1) is 10.3. The fourth-order valence-electron chi connectivity index (χ4n) is 4.54. The summed E-state index contributed by atoms with van der Waals surface area (Å²) in [6.07, 6.45) is 8.14. The normalized spacial score (nSPS) is 30.3. The van der Waals surface area contributed by atoms with Crippen LogP contribution in [0.15, 0.2) is 24.3 Å². The molecule has 1 N–H and O–H groups in total. The van der Waals surface area contributed by atoms with E-state index in [1.807, 2.05) is 0 Å². The number of rotatable bonds is 4. The number of hydrogen-bond donors (Lipinski definition) is 1. The summed E-state index contributed by atoms with van der Waals surface area (Å²) in [5, 5.41) is 3.67. The van der Waals surface area contributed by atoms with Crippen LogP contribution in [-0.2, 0) is 0 Å². The Balaban J connectivity index is 1.80. The molecule has 2 aliphatic rings. The van der Waals surface area contributed by atoms with E-state index in [2.05, 4.69) is 43.6 Å². The quantitative estimate of drug-likeness (QED) is 0.888. The summed E-state index contributed by atoms with van der Waals surface area (Å²) in [6.45, 7) is 3.22. The van der Waals surface area contributed by atoms with Gasteiger partial charge in [-0.15, -0.1) is 0 Å². The molecule has 2 heteroatoms. The number of hydrogen-bond acceptors (Lipinski definition) is 2.